The van der Waals surface area contributed by atoms with E-state index in [0.717, 1.165) is 0 Å². The number of anilines is 1. The van der Waals surface area contributed by atoms with E-state index in [0.29, 0.717) is 17.2 Å². The minimum absolute atomic E-state index is 0.102. The fourth-order valence-corrected chi connectivity index (χ4v) is 2.25. The van der Waals surface area contributed by atoms with E-state index in [1.54, 1.807) is 37.4 Å². The lowest BCUT2D eigenvalue weighted by Gasteiger charge is -2.13. The summed E-state index contributed by atoms with van der Waals surface area (Å²) in [4.78, 5) is 11.5. The fraction of sp³-hybridized carbons (Fsp3) is 0.417. The number of ether oxygens (including phenoxy) is 1. The summed E-state index contributed by atoms with van der Waals surface area (Å²) >= 11 is 0. The molecular weight excluding hydrogens is 252 g/mol. The molecule has 2 atom stereocenters. The first-order chi connectivity index (χ1) is 8.49. The first-order valence-electron chi connectivity index (χ1n) is 5.55. The van der Waals surface area contributed by atoms with Crippen molar-refractivity contribution in [1.82, 2.24) is 5.32 Å². The monoisotopic (exact) mass is 270 g/mol. The summed E-state index contributed by atoms with van der Waals surface area (Å²) < 4.78 is 16.3. The van der Waals surface area contributed by atoms with Crippen LogP contribution in [0.2, 0.25) is 0 Å². The van der Waals surface area contributed by atoms with Crippen LogP contribution in [0.3, 0.4) is 0 Å². The van der Waals surface area contributed by atoms with E-state index in [1.807, 2.05) is 0 Å². The summed E-state index contributed by atoms with van der Waals surface area (Å²) in [6.07, 6.45) is 1.60. The quantitative estimate of drug-likeness (QED) is 0.739. The molecule has 3 N–H and O–H groups in total. The van der Waals surface area contributed by atoms with E-state index in [-0.39, 0.29) is 18.6 Å². The third-order valence-electron chi connectivity index (χ3n) is 2.17. The molecule has 0 fully saturated rings. The van der Waals surface area contributed by atoms with Crippen molar-refractivity contribution in [2.24, 2.45) is 0 Å². The van der Waals surface area contributed by atoms with Gasteiger partial charge in [-0.3, -0.25) is 9.00 Å². The summed E-state index contributed by atoms with van der Waals surface area (Å²) in [7, 11) is -0.931. The van der Waals surface area contributed by atoms with Crippen LogP contribution in [0.4, 0.5) is 5.69 Å². The highest BCUT2D eigenvalue weighted by Gasteiger charge is 2.10. The Balaban J connectivity index is 2.38. The lowest BCUT2D eigenvalue weighted by atomic mass is 10.3. The van der Waals surface area contributed by atoms with Gasteiger partial charge in [0.1, 0.15) is 5.75 Å². The van der Waals surface area contributed by atoms with Crippen LogP contribution in [0.15, 0.2) is 24.3 Å². The second-order valence-corrected chi connectivity index (χ2v) is 5.51. The maximum absolute atomic E-state index is 11.5. The molecule has 1 rings (SSSR count). The largest absolute Gasteiger partial charge is 0.482 e. The molecule has 1 aromatic carbocycles. The van der Waals surface area contributed by atoms with E-state index < -0.39 is 10.8 Å². The van der Waals surface area contributed by atoms with Crippen molar-refractivity contribution in [3.8, 4) is 5.75 Å². The van der Waals surface area contributed by atoms with E-state index in [1.165, 1.54) is 0 Å². The number of nitrogens with one attached hydrogen (secondary N) is 1. The molecule has 1 aromatic rings. The Labute approximate surface area is 109 Å². The predicted molar refractivity (Wildman–Crippen MR) is 72.9 cm³/mol. The molecule has 0 aliphatic carbocycles. The third kappa shape index (κ3) is 5.18. The van der Waals surface area contributed by atoms with Gasteiger partial charge in [0, 0.05) is 28.9 Å². The van der Waals surface area contributed by atoms with Gasteiger partial charge in [0.15, 0.2) is 6.61 Å². The predicted octanol–water partition coefficient (Wildman–Crippen LogP) is 0.531. The highest BCUT2D eigenvalue weighted by atomic mass is 32.2. The third-order valence-corrected chi connectivity index (χ3v) is 3.14. The Kier molecular flexibility index (Phi) is 5.64. The van der Waals surface area contributed by atoms with Crippen molar-refractivity contribution in [2.75, 3.05) is 24.3 Å². The van der Waals surface area contributed by atoms with Gasteiger partial charge >= 0.3 is 0 Å². The van der Waals surface area contributed by atoms with Crippen LogP contribution in [0.25, 0.3) is 0 Å². The van der Waals surface area contributed by atoms with Gasteiger partial charge in [0.2, 0.25) is 0 Å². The normalized spacial score (nSPS) is 13.7. The van der Waals surface area contributed by atoms with Crippen molar-refractivity contribution in [2.45, 2.75) is 13.0 Å². The maximum Gasteiger partial charge on any atom is 0.258 e. The summed E-state index contributed by atoms with van der Waals surface area (Å²) in [5, 5.41) is 2.70. The summed E-state index contributed by atoms with van der Waals surface area (Å²) in [6.45, 7) is 1.70. The molecule has 0 saturated carbocycles. The standard InChI is InChI=1S/C12H18N2O3S/c1-9(8-18(2)16)14-12(15)7-17-11-6-4-3-5-10(11)13/h3-6,9H,7-8,13H2,1-2H3,(H,14,15). The van der Waals surface area contributed by atoms with E-state index in [4.69, 9.17) is 10.5 Å². The molecule has 0 spiro atoms. The average molecular weight is 270 g/mol. The number of amides is 1. The second kappa shape index (κ2) is 7.00. The smallest absolute Gasteiger partial charge is 0.258 e. The van der Waals surface area contributed by atoms with Crippen molar-refractivity contribution in [3.05, 3.63) is 24.3 Å². The van der Waals surface area contributed by atoms with Crippen LogP contribution in [0, 0.1) is 0 Å². The van der Waals surface area contributed by atoms with Crippen molar-refractivity contribution < 1.29 is 13.7 Å². The van der Waals surface area contributed by atoms with E-state index in [9.17, 15) is 9.00 Å². The molecule has 0 bridgehead atoms. The van der Waals surface area contributed by atoms with Gasteiger partial charge in [-0.05, 0) is 19.1 Å². The van der Waals surface area contributed by atoms with Crippen LogP contribution in [0.1, 0.15) is 6.92 Å². The second-order valence-electron chi connectivity index (χ2n) is 4.03. The minimum Gasteiger partial charge on any atom is -0.482 e. The highest BCUT2D eigenvalue weighted by Crippen LogP contribution is 2.19. The first kappa shape index (κ1) is 14.5. The van der Waals surface area contributed by atoms with E-state index in [2.05, 4.69) is 5.32 Å². The molecule has 0 aromatic heterocycles. The van der Waals surface area contributed by atoms with Crippen molar-refractivity contribution >= 4 is 22.4 Å². The number of carbonyl (C=O) groups excluding carboxylic acids is 1. The van der Waals surface area contributed by atoms with Gasteiger partial charge in [-0.2, -0.15) is 0 Å². The number of benzene rings is 1. The zero-order valence-corrected chi connectivity index (χ0v) is 11.3. The Morgan fingerprint density at radius 3 is 2.78 bits per heavy atom. The number of rotatable bonds is 6. The van der Waals surface area contributed by atoms with Crippen LogP contribution in [-0.4, -0.2) is 34.8 Å². The van der Waals surface area contributed by atoms with Gasteiger partial charge in [-0.25, -0.2) is 0 Å². The molecule has 5 nitrogen and oxygen atoms in total. The molecule has 6 heteroatoms. The number of carbonyl (C=O) groups is 1. The van der Waals surface area contributed by atoms with E-state index >= 15 is 0 Å². The number of nitrogen functional groups attached to an aromatic ring is 1. The van der Waals surface area contributed by atoms with Gasteiger partial charge in [-0.15, -0.1) is 0 Å². The zero-order valence-electron chi connectivity index (χ0n) is 10.5. The lowest BCUT2D eigenvalue weighted by molar-refractivity contribution is -0.123. The Hall–Kier alpha value is -1.56. The molecule has 2 unspecified atom stereocenters. The van der Waals surface area contributed by atoms with Crippen LogP contribution < -0.4 is 15.8 Å². The molecule has 100 valence electrons. The summed E-state index contributed by atoms with van der Waals surface area (Å²) in [5.74, 6) is 0.662. The molecule has 18 heavy (non-hydrogen) atoms. The van der Waals surface area contributed by atoms with Gasteiger partial charge in [0.25, 0.3) is 5.91 Å². The Morgan fingerprint density at radius 2 is 2.17 bits per heavy atom. The van der Waals surface area contributed by atoms with Gasteiger partial charge < -0.3 is 15.8 Å². The number of hydrogen-bond donors (Lipinski definition) is 2. The number of nitrogens with two attached hydrogens (primary N) is 1. The Bertz CT molecular complexity index is 437. The zero-order chi connectivity index (χ0) is 13.5. The van der Waals surface area contributed by atoms with Gasteiger partial charge in [0.05, 0.1) is 5.69 Å². The topological polar surface area (TPSA) is 81.4 Å². The lowest BCUT2D eigenvalue weighted by Crippen LogP contribution is -2.39. The molecular formula is C12H18N2O3S. The minimum atomic E-state index is -0.931. The molecule has 0 heterocycles. The molecule has 0 saturated heterocycles. The van der Waals surface area contributed by atoms with Gasteiger partial charge in [-0.1, -0.05) is 12.1 Å². The van der Waals surface area contributed by atoms with Crippen molar-refractivity contribution in [3.63, 3.8) is 0 Å². The molecule has 0 aliphatic rings. The summed E-state index contributed by atoms with van der Waals surface area (Å²) in [5.41, 5.74) is 6.17. The SMILES string of the molecule is CC(CS(C)=O)NC(=O)COc1ccccc1N. The average Bonchev–Trinajstić information content (AvgIpc) is 2.26. The Morgan fingerprint density at radius 1 is 1.50 bits per heavy atom. The first-order valence-corrected chi connectivity index (χ1v) is 7.28. The van der Waals surface area contributed by atoms with Crippen LogP contribution >= 0.6 is 0 Å². The summed E-state index contributed by atoms with van der Waals surface area (Å²) in [6, 6.07) is 6.84. The maximum atomic E-state index is 11.5. The number of hydrogen-bond acceptors (Lipinski definition) is 4. The number of para-hydroxylation sites is 2. The molecule has 0 radical (unpaired) electrons. The highest BCUT2D eigenvalue weighted by molar-refractivity contribution is 7.84. The molecule has 1 amide bonds. The molecule has 0 aliphatic heterocycles. The van der Waals surface area contributed by atoms with Crippen molar-refractivity contribution in [1.29, 1.82) is 0 Å². The van der Waals surface area contributed by atoms with Crippen LogP contribution in [-0.2, 0) is 15.6 Å². The van der Waals surface area contributed by atoms with Crippen LogP contribution in [0.5, 0.6) is 5.75 Å². The fourth-order valence-electron chi connectivity index (χ4n) is 1.47.